The lowest BCUT2D eigenvalue weighted by molar-refractivity contribution is -0.173. The van der Waals surface area contributed by atoms with Crippen LogP contribution in [0, 0.1) is 5.92 Å². The Morgan fingerprint density at radius 3 is 2.09 bits per heavy atom. The van der Waals surface area contributed by atoms with E-state index in [0.717, 1.165) is 6.42 Å². The number of ether oxygens (including phenoxy) is 3. The van der Waals surface area contributed by atoms with Gasteiger partial charge in [-0.05, 0) is 54.4 Å². The van der Waals surface area contributed by atoms with Crippen LogP contribution in [0.3, 0.4) is 0 Å². The van der Waals surface area contributed by atoms with Gasteiger partial charge < -0.3 is 25.3 Å². The number of carbonyl (C=O) groups is 3. The van der Waals surface area contributed by atoms with Crippen molar-refractivity contribution in [3.05, 3.63) is 0 Å². The molecule has 0 bridgehead atoms. The summed E-state index contributed by atoms with van der Waals surface area (Å²) in [4.78, 5) is 40.2. The molecular formula is C23H43N3O6. The van der Waals surface area contributed by atoms with Crippen molar-refractivity contribution in [2.45, 2.75) is 110 Å². The second-order valence-electron chi connectivity index (χ2n) is 10.5. The highest BCUT2D eigenvalue weighted by Gasteiger charge is 2.49. The molecule has 0 saturated carbocycles. The van der Waals surface area contributed by atoms with Gasteiger partial charge in [0.25, 0.3) is 0 Å². The van der Waals surface area contributed by atoms with Crippen molar-refractivity contribution in [1.82, 2.24) is 10.2 Å². The summed E-state index contributed by atoms with van der Waals surface area (Å²) in [5.74, 6) is -1.64. The maximum absolute atomic E-state index is 13.5. The number of esters is 2. The summed E-state index contributed by atoms with van der Waals surface area (Å²) in [5.41, 5.74) is 4.84. The Bertz CT molecular complexity index is 655. The molecule has 5 atom stereocenters. The molecule has 9 heteroatoms. The van der Waals surface area contributed by atoms with E-state index in [1.54, 1.807) is 46.4 Å². The molecule has 5 unspecified atom stereocenters. The molecule has 1 rings (SSSR count). The van der Waals surface area contributed by atoms with E-state index in [1.165, 1.54) is 14.0 Å². The Balaban J connectivity index is 3.46. The summed E-state index contributed by atoms with van der Waals surface area (Å²) in [6.07, 6.45) is 0.932. The summed E-state index contributed by atoms with van der Waals surface area (Å²) < 4.78 is 17.0. The van der Waals surface area contributed by atoms with Crippen LogP contribution in [0.4, 0.5) is 0 Å². The number of nitrogens with zero attached hydrogens (tertiary/aromatic N) is 1. The monoisotopic (exact) mass is 457 g/mol. The van der Waals surface area contributed by atoms with Crippen LogP contribution in [-0.4, -0.2) is 72.0 Å². The van der Waals surface area contributed by atoms with Crippen LogP contribution < -0.4 is 11.1 Å². The molecule has 0 radical (unpaired) electrons. The number of hydrogen-bond acceptors (Lipinski definition) is 8. The number of hydrogen-bond donors (Lipinski definition) is 2. The Kier molecular flexibility index (Phi) is 10.1. The first-order valence-electron chi connectivity index (χ1n) is 11.4. The van der Waals surface area contributed by atoms with E-state index in [0.29, 0.717) is 19.4 Å². The van der Waals surface area contributed by atoms with Crippen molar-refractivity contribution in [1.29, 1.82) is 0 Å². The van der Waals surface area contributed by atoms with Crippen molar-refractivity contribution in [3.63, 3.8) is 0 Å². The SMILES string of the molecule is CCCC(C(NC(C)=O)OC)C(C(=O)OC(C)(C)C)N1CC(N)CC1C(=O)OC(C)(C)C. The fourth-order valence-corrected chi connectivity index (χ4v) is 4.07. The molecule has 9 nitrogen and oxygen atoms in total. The van der Waals surface area contributed by atoms with Gasteiger partial charge in [0.05, 0.1) is 0 Å². The van der Waals surface area contributed by atoms with Crippen molar-refractivity contribution in [2.24, 2.45) is 11.7 Å². The third-order valence-electron chi connectivity index (χ3n) is 5.07. The molecule has 0 aromatic rings. The molecular weight excluding hydrogens is 414 g/mol. The average Bonchev–Trinajstić information content (AvgIpc) is 2.97. The van der Waals surface area contributed by atoms with E-state index in [9.17, 15) is 14.4 Å². The van der Waals surface area contributed by atoms with Gasteiger partial charge in [0, 0.05) is 32.5 Å². The molecule has 3 N–H and O–H groups in total. The Morgan fingerprint density at radius 1 is 1.09 bits per heavy atom. The van der Waals surface area contributed by atoms with E-state index in [2.05, 4.69) is 5.32 Å². The minimum atomic E-state index is -0.850. The van der Waals surface area contributed by atoms with Crippen LogP contribution in [0.2, 0.25) is 0 Å². The second-order valence-corrected chi connectivity index (χ2v) is 10.5. The molecule has 1 aliphatic heterocycles. The maximum atomic E-state index is 13.5. The summed E-state index contributed by atoms with van der Waals surface area (Å²) >= 11 is 0. The molecule has 0 spiro atoms. The van der Waals surface area contributed by atoms with Gasteiger partial charge in [-0.25, -0.2) is 0 Å². The van der Waals surface area contributed by atoms with Gasteiger partial charge in [0.2, 0.25) is 5.91 Å². The van der Waals surface area contributed by atoms with Crippen molar-refractivity contribution < 1.29 is 28.6 Å². The number of likely N-dealkylation sites (tertiary alicyclic amines) is 1. The number of methoxy groups -OCH3 is 1. The average molecular weight is 458 g/mol. The van der Waals surface area contributed by atoms with Gasteiger partial charge in [-0.2, -0.15) is 0 Å². The zero-order valence-electron chi connectivity index (χ0n) is 21.2. The first-order chi connectivity index (χ1) is 14.6. The molecule has 1 saturated heterocycles. The number of nitrogens with two attached hydrogens (primary N) is 1. The second kappa shape index (κ2) is 11.4. The lowest BCUT2D eigenvalue weighted by Crippen LogP contribution is -2.58. The standard InChI is InChI=1S/C23H43N3O6/c1-10-11-16(19(30-9)25-14(2)27)18(21(29)32-23(6,7)8)26-13-15(24)12-17(26)20(28)31-22(3,4)5/h15-19H,10-13,24H2,1-9H3,(H,25,27). The fraction of sp³-hybridized carbons (Fsp3) is 0.870. The molecule has 32 heavy (non-hydrogen) atoms. The summed E-state index contributed by atoms with van der Waals surface area (Å²) in [7, 11) is 1.48. The van der Waals surface area contributed by atoms with Crippen LogP contribution in [0.25, 0.3) is 0 Å². The van der Waals surface area contributed by atoms with Gasteiger partial charge in [0.15, 0.2) is 0 Å². The zero-order chi connectivity index (χ0) is 24.9. The van der Waals surface area contributed by atoms with Gasteiger partial charge in [0.1, 0.15) is 29.5 Å². The van der Waals surface area contributed by atoms with Gasteiger partial charge in [-0.1, -0.05) is 13.3 Å². The third kappa shape index (κ3) is 8.67. The summed E-state index contributed by atoms with van der Waals surface area (Å²) in [6, 6.07) is -1.85. The van der Waals surface area contributed by atoms with Gasteiger partial charge >= 0.3 is 11.9 Å². The molecule has 1 aliphatic rings. The van der Waals surface area contributed by atoms with Crippen molar-refractivity contribution in [3.8, 4) is 0 Å². The van der Waals surface area contributed by atoms with Crippen LogP contribution in [-0.2, 0) is 28.6 Å². The van der Waals surface area contributed by atoms with Crippen LogP contribution in [0.1, 0.15) is 74.7 Å². The van der Waals surface area contributed by atoms with E-state index in [4.69, 9.17) is 19.9 Å². The van der Waals surface area contributed by atoms with Gasteiger partial charge in [-0.15, -0.1) is 0 Å². The Labute approximate surface area is 192 Å². The first-order valence-corrected chi connectivity index (χ1v) is 11.4. The molecule has 0 aromatic heterocycles. The smallest absolute Gasteiger partial charge is 0.324 e. The van der Waals surface area contributed by atoms with Crippen molar-refractivity contribution in [2.75, 3.05) is 13.7 Å². The van der Waals surface area contributed by atoms with Crippen LogP contribution in [0.15, 0.2) is 0 Å². The first kappa shape index (κ1) is 28.3. The summed E-state index contributed by atoms with van der Waals surface area (Å²) in [6.45, 7) is 14.5. The predicted octanol–water partition coefficient (Wildman–Crippen LogP) is 1.96. The highest BCUT2D eigenvalue weighted by atomic mass is 16.6. The zero-order valence-corrected chi connectivity index (χ0v) is 21.2. The number of rotatable bonds is 9. The number of amides is 1. The number of nitrogens with one attached hydrogen (secondary N) is 1. The van der Waals surface area contributed by atoms with Gasteiger partial charge in [-0.3, -0.25) is 19.3 Å². The number of carbonyl (C=O) groups excluding carboxylic acids is 3. The quantitative estimate of drug-likeness (QED) is 0.398. The van der Waals surface area contributed by atoms with E-state index >= 15 is 0 Å². The highest BCUT2D eigenvalue weighted by Crippen LogP contribution is 2.31. The fourth-order valence-electron chi connectivity index (χ4n) is 4.07. The Morgan fingerprint density at radius 2 is 1.66 bits per heavy atom. The molecule has 1 heterocycles. The Hall–Kier alpha value is -1.71. The predicted molar refractivity (Wildman–Crippen MR) is 122 cm³/mol. The highest BCUT2D eigenvalue weighted by molar-refractivity contribution is 5.81. The molecule has 0 aromatic carbocycles. The molecule has 0 aliphatic carbocycles. The van der Waals surface area contributed by atoms with Crippen molar-refractivity contribution >= 4 is 17.8 Å². The molecule has 1 fully saturated rings. The molecule has 186 valence electrons. The van der Waals surface area contributed by atoms with Crippen LogP contribution in [0.5, 0.6) is 0 Å². The van der Waals surface area contributed by atoms with E-state index in [1.807, 2.05) is 6.92 Å². The topological polar surface area (TPSA) is 120 Å². The minimum Gasteiger partial charge on any atom is -0.459 e. The minimum absolute atomic E-state index is 0.275. The normalized spacial score (nSPS) is 22.7. The maximum Gasteiger partial charge on any atom is 0.324 e. The lowest BCUT2D eigenvalue weighted by atomic mass is 9.90. The third-order valence-corrected chi connectivity index (χ3v) is 5.07. The largest absolute Gasteiger partial charge is 0.459 e. The summed E-state index contributed by atoms with van der Waals surface area (Å²) in [5, 5.41) is 2.79. The molecule has 1 amide bonds. The lowest BCUT2D eigenvalue weighted by Gasteiger charge is -2.40. The van der Waals surface area contributed by atoms with Crippen LogP contribution >= 0.6 is 0 Å². The van der Waals surface area contributed by atoms with E-state index < -0.39 is 47.4 Å². The van der Waals surface area contributed by atoms with E-state index in [-0.39, 0.29) is 11.9 Å².